The number of fused-ring (bicyclic) bond motifs is 1. The van der Waals surface area contributed by atoms with E-state index in [9.17, 15) is 4.79 Å². The summed E-state index contributed by atoms with van der Waals surface area (Å²) in [5.41, 5.74) is 1.66. The van der Waals surface area contributed by atoms with Crippen LogP contribution in [0.2, 0.25) is 0 Å². The Labute approximate surface area is 162 Å². The van der Waals surface area contributed by atoms with E-state index in [4.69, 9.17) is 4.74 Å². The normalized spacial score (nSPS) is 15.8. The van der Waals surface area contributed by atoms with E-state index in [1.165, 1.54) is 11.3 Å². The van der Waals surface area contributed by atoms with Gasteiger partial charge < -0.3 is 10.1 Å². The molecule has 1 unspecified atom stereocenters. The smallest absolute Gasteiger partial charge is 0.263 e. The molecule has 2 aromatic heterocycles. The van der Waals surface area contributed by atoms with E-state index in [0.717, 1.165) is 22.2 Å². The van der Waals surface area contributed by atoms with Crippen molar-refractivity contribution in [3.63, 3.8) is 0 Å². The third kappa shape index (κ3) is 3.34. The highest BCUT2D eigenvalue weighted by atomic mass is 79.9. The molecule has 0 saturated heterocycles. The maximum absolute atomic E-state index is 12.8. The minimum absolute atomic E-state index is 0.0957. The van der Waals surface area contributed by atoms with Crippen LogP contribution in [0.3, 0.4) is 0 Å². The number of carbonyl (C=O) groups excluding carboxylic acids is 1. The molecule has 132 valence electrons. The van der Waals surface area contributed by atoms with Crippen molar-refractivity contribution in [2.24, 2.45) is 0 Å². The van der Waals surface area contributed by atoms with Crippen molar-refractivity contribution in [3.8, 4) is 16.6 Å². The molecule has 8 heteroatoms. The largest absolute Gasteiger partial charge is 0.493 e. The van der Waals surface area contributed by atoms with Crippen molar-refractivity contribution in [3.05, 3.63) is 57.3 Å². The minimum atomic E-state index is -0.139. The SMILES string of the molecule is Cc1nc(-c2ncccn2)sc1C(=O)NC1CCOc2ccc(Br)cc21. The molecule has 0 aliphatic carbocycles. The van der Waals surface area contributed by atoms with Gasteiger partial charge in [0.15, 0.2) is 10.8 Å². The van der Waals surface area contributed by atoms with Gasteiger partial charge in [0.25, 0.3) is 5.91 Å². The Hall–Kier alpha value is -2.32. The van der Waals surface area contributed by atoms with E-state index in [1.807, 2.05) is 25.1 Å². The molecule has 26 heavy (non-hydrogen) atoms. The predicted molar refractivity (Wildman–Crippen MR) is 102 cm³/mol. The van der Waals surface area contributed by atoms with Crippen molar-refractivity contribution in [2.45, 2.75) is 19.4 Å². The summed E-state index contributed by atoms with van der Waals surface area (Å²) < 4.78 is 6.64. The molecule has 3 aromatic rings. The summed E-state index contributed by atoms with van der Waals surface area (Å²) >= 11 is 4.78. The van der Waals surface area contributed by atoms with Crippen LogP contribution < -0.4 is 10.1 Å². The van der Waals surface area contributed by atoms with Gasteiger partial charge in [0.05, 0.1) is 18.3 Å². The summed E-state index contributed by atoms with van der Waals surface area (Å²) in [6.45, 7) is 2.40. The first kappa shape index (κ1) is 17.1. The second-order valence-corrected chi connectivity index (χ2v) is 7.77. The predicted octanol–water partition coefficient (Wildman–Crippen LogP) is 3.92. The fourth-order valence-corrected chi connectivity index (χ4v) is 4.15. The van der Waals surface area contributed by atoms with Crippen molar-refractivity contribution >= 4 is 33.2 Å². The molecule has 1 aromatic carbocycles. The zero-order valence-electron chi connectivity index (χ0n) is 13.9. The molecule has 1 atom stereocenters. The van der Waals surface area contributed by atoms with E-state index in [-0.39, 0.29) is 11.9 Å². The number of carbonyl (C=O) groups is 1. The Kier molecular flexibility index (Phi) is 4.69. The summed E-state index contributed by atoms with van der Waals surface area (Å²) in [6.07, 6.45) is 4.05. The number of amides is 1. The van der Waals surface area contributed by atoms with Gasteiger partial charge in [0.1, 0.15) is 10.6 Å². The lowest BCUT2D eigenvalue weighted by molar-refractivity contribution is 0.0928. The summed E-state index contributed by atoms with van der Waals surface area (Å²) in [6, 6.07) is 7.49. The van der Waals surface area contributed by atoms with Gasteiger partial charge in [0.2, 0.25) is 0 Å². The molecule has 0 spiro atoms. The van der Waals surface area contributed by atoms with E-state index in [1.54, 1.807) is 18.5 Å². The molecule has 0 bridgehead atoms. The van der Waals surface area contributed by atoms with Gasteiger partial charge in [-0.15, -0.1) is 11.3 Å². The van der Waals surface area contributed by atoms with Gasteiger partial charge in [0, 0.05) is 28.9 Å². The Morgan fingerprint density at radius 3 is 2.96 bits per heavy atom. The van der Waals surface area contributed by atoms with Crippen molar-refractivity contribution in [1.82, 2.24) is 20.3 Å². The molecule has 0 radical (unpaired) electrons. The van der Waals surface area contributed by atoms with Crippen molar-refractivity contribution in [2.75, 3.05) is 6.61 Å². The van der Waals surface area contributed by atoms with Gasteiger partial charge in [-0.25, -0.2) is 15.0 Å². The van der Waals surface area contributed by atoms with Gasteiger partial charge in [-0.1, -0.05) is 15.9 Å². The number of aromatic nitrogens is 3. The number of aryl methyl sites for hydroxylation is 1. The number of thiazole rings is 1. The van der Waals surface area contributed by atoms with Crippen LogP contribution in [0.5, 0.6) is 5.75 Å². The highest BCUT2D eigenvalue weighted by Crippen LogP contribution is 2.35. The first-order valence-electron chi connectivity index (χ1n) is 8.10. The van der Waals surface area contributed by atoms with E-state index < -0.39 is 0 Å². The maximum atomic E-state index is 12.8. The average Bonchev–Trinajstić information content (AvgIpc) is 3.05. The lowest BCUT2D eigenvalue weighted by Crippen LogP contribution is -2.32. The van der Waals surface area contributed by atoms with Crippen LogP contribution in [0.4, 0.5) is 0 Å². The average molecular weight is 431 g/mol. The molecule has 3 heterocycles. The Morgan fingerprint density at radius 1 is 1.35 bits per heavy atom. The fraction of sp³-hybridized carbons (Fsp3) is 0.222. The van der Waals surface area contributed by atoms with Crippen molar-refractivity contribution < 1.29 is 9.53 Å². The minimum Gasteiger partial charge on any atom is -0.493 e. The number of rotatable bonds is 3. The monoisotopic (exact) mass is 430 g/mol. The summed E-state index contributed by atoms with van der Waals surface area (Å²) in [5, 5.41) is 3.76. The van der Waals surface area contributed by atoms with Crippen LogP contribution >= 0.6 is 27.3 Å². The molecule has 1 aliphatic rings. The second-order valence-electron chi connectivity index (χ2n) is 5.85. The lowest BCUT2D eigenvalue weighted by Gasteiger charge is -2.26. The molecule has 1 N–H and O–H groups in total. The number of nitrogens with one attached hydrogen (secondary N) is 1. The molecule has 1 amide bonds. The number of halogens is 1. The number of ether oxygens (including phenoxy) is 1. The second kappa shape index (κ2) is 7.13. The Balaban J connectivity index is 1.59. The zero-order valence-corrected chi connectivity index (χ0v) is 16.3. The van der Waals surface area contributed by atoms with E-state index in [2.05, 4.69) is 36.2 Å². The molecular formula is C18H15BrN4O2S. The number of hydrogen-bond donors (Lipinski definition) is 1. The summed E-state index contributed by atoms with van der Waals surface area (Å²) in [5.74, 6) is 1.20. The van der Waals surface area contributed by atoms with Crippen LogP contribution in [-0.2, 0) is 0 Å². The number of hydrogen-bond acceptors (Lipinski definition) is 6. The van der Waals surface area contributed by atoms with E-state index >= 15 is 0 Å². The number of nitrogens with zero attached hydrogens (tertiary/aromatic N) is 3. The standard InChI is InChI=1S/C18H15BrN4O2S/c1-10-15(26-18(22-10)16-20-6-2-7-21-16)17(24)23-13-5-8-25-14-4-3-11(19)9-12(13)14/h2-4,6-7,9,13H,5,8H2,1H3,(H,23,24). The first-order valence-corrected chi connectivity index (χ1v) is 9.70. The number of benzene rings is 1. The summed E-state index contributed by atoms with van der Waals surface area (Å²) in [4.78, 5) is 26.3. The molecule has 0 saturated carbocycles. The molecular weight excluding hydrogens is 416 g/mol. The van der Waals surface area contributed by atoms with Gasteiger partial charge in [-0.05, 0) is 31.2 Å². The summed E-state index contributed by atoms with van der Waals surface area (Å²) in [7, 11) is 0. The van der Waals surface area contributed by atoms with Crippen LogP contribution in [0.25, 0.3) is 10.8 Å². The van der Waals surface area contributed by atoms with Crippen LogP contribution in [0.15, 0.2) is 41.1 Å². The molecule has 4 rings (SSSR count). The Bertz CT molecular complexity index is 961. The highest BCUT2D eigenvalue weighted by Gasteiger charge is 2.26. The van der Waals surface area contributed by atoms with Crippen LogP contribution in [-0.4, -0.2) is 27.5 Å². The maximum Gasteiger partial charge on any atom is 0.263 e. The topological polar surface area (TPSA) is 77.0 Å². The highest BCUT2D eigenvalue weighted by molar-refractivity contribution is 9.10. The van der Waals surface area contributed by atoms with Crippen LogP contribution in [0, 0.1) is 6.92 Å². The molecule has 1 aliphatic heterocycles. The Morgan fingerprint density at radius 2 is 2.15 bits per heavy atom. The fourth-order valence-electron chi connectivity index (χ4n) is 2.85. The quantitative estimate of drug-likeness (QED) is 0.680. The van der Waals surface area contributed by atoms with Crippen molar-refractivity contribution in [1.29, 1.82) is 0 Å². The van der Waals surface area contributed by atoms with Gasteiger partial charge >= 0.3 is 0 Å². The van der Waals surface area contributed by atoms with E-state index in [0.29, 0.717) is 28.0 Å². The van der Waals surface area contributed by atoms with Gasteiger partial charge in [-0.2, -0.15) is 0 Å². The zero-order chi connectivity index (χ0) is 18.1. The molecule has 0 fully saturated rings. The third-order valence-corrected chi connectivity index (χ3v) is 5.72. The van der Waals surface area contributed by atoms with Crippen LogP contribution in [0.1, 0.15) is 33.4 Å². The lowest BCUT2D eigenvalue weighted by atomic mass is 10.0. The third-order valence-electron chi connectivity index (χ3n) is 4.08. The van der Waals surface area contributed by atoms with Gasteiger partial charge in [-0.3, -0.25) is 4.79 Å². The molecule has 6 nitrogen and oxygen atoms in total. The first-order chi connectivity index (χ1) is 12.6.